The lowest BCUT2D eigenvalue weighted by Gasteiger charge is -2.09. The molecule has 0 aliphatic carbocycles. The lowest BCUT2D eigenvalue weighted by molar-refractivity contribution is 0.0946. The number of nitrogens with zero attached hydrogens (tertiary/aromatic N) is 2. The summed E-state index contributed by atoms with van der Waals surface area (Å²) in [5.74, 6) is -2.03. The molecule has 1 heterocycles. The fourth-order valence-corrected chi connectivity index (χ4v) is 2.37. The van der Waals surface area contributed by atoms with Gasteiger partial charge in [0.05, 0.1) is 0 Å². The molecule has 26 heavy (non-hydrogen) atoms. The van der Waals surface area contributed by atoms with Gasteiger partial charge in [-0.25, -0.2) is 18.7 Å². The van der Waals surface area contributed by atoms with Crippen molar-refractivity contribution in [1.29, 1.82) is 0 Å². The number of nitrogens with one attached hydrogen (secondary N) is 2. The molecule has 5 nitrogen and oxygen atoms in total. The standard InChI is InChI=1S/C19H16F2N4O/c1-12-4-2-5-13(10-12)11-23-18(26)16-8-9-22-19(24-16)25-17-14(20)6-3-7-15(17)21/h2-10H,11H2,1H3,(H,23,26)(H,22,24,25). The second-order valence-corrected chi connectivity index (χ2v) is 5.66. The Hall–Kier alpha value is -3.35. The van der Waals surface area contributed by atoms with Crippen LogP contribution in [0.25, 0.3) is 0 Å². The minimum Gasteiger partial charge on any atom is -0.347 e. The van der Waals surface area contributed by atoms with Crippen LogP contribution in [0.4, 0.5) is 20.4 Å². The van der Waals surface area contributed by atoms with E-state index in [-0.39, 0.29) is 17.3 Å². The van der Waals surface area contributed by atoms with Crippen LogP contribution in [-0.2, 0) is 6.54 Å². The van der Waals surface area contributed by atoms with Crippen molar-refractivity contribution in [2.45, 2.75) is 13.5 Å². The number of aryl methyl sites for hydroxylation is 1. The van der Waals surface area contributed by atoms with Crippen LogP contribution in [0.5, 0.6) is 0 Å². The van der Waals surface area contributed by atoms with Gasteiger partial charge in [0.25, 0.3) is 5.91 Å². The number of rotatable bonds is 5. The first kappa shape index (κ1) is 17.5. The highest BCUT2D eigenvalue weighted by atomic mass is 19.1. The number of anilines is 2. The van der Waals surface area contributed by atoms with Crippen molar-refractivity contribution < 1.29 is 13.6 Å². The summed E-state index contributed by atoms with van der Waals surface area (Å²) in [5.41, 5.74) is 1.77. The van der Waals surface area contributed by atoms with Crippen LogP contribution in [0.15, 0.2) is 54.7 Å². The summed E-state index contributed by atoms with van der Waals surface area (Å²) in [7, 11) is 0. The van der Waals surface area contributed by atoms with Crippen LogP contribution in [-0.4, -0.2) is 15.9 Å². The fourth-order valence-electron chi connectivity index (χ4n) is 2.37. The van der Waals surface area contributed by atoms with Gasteiger partial charge in [0.15, 0.2) is 0 Å². The van der Waals surface area contributed by atoms with Crippen LogP contribution in [0.3, 0.4) is 0 Å². The number of aromatic nitrogens is 2. The first-order valence-corrected chi connectivity index (χ1v) is 7.91. The maximum absolute atomic E-state index is 13.7. The number of amides is 1. The molecule has 3 aromatic rings. The van der Waals surface area contributed by atoms with Crippen LogP contribution in [0.1, 0.15) is 21.6 Å². The molecule has 3 rings (SSSR count). The molecule has 0 saturated heterocycles. The largest absolute Gasteiger partial charge is 0.347 e. The van der Waals surface area contributed by atoms with E-state index < -0.39 is 17.5 Å². The van der Waals surface area contributed by atoms with E-state index in [0.717, 1.165) is 23.3 Å². The molecule has 1 aromatic heterocycles. The quantitative estimate of drug-likeness (QED) is 0.733. The molecule has 132 valence electrons. The van der Waals surface area contributed by atoms with E-state index in [1.807, 2.05) is 31.2 Å². The molecule has 0 fully saturated rings. The molecule has 0 atom stereocenters. The van der Waals surface area contributed by atoms with E-state index in [1.54, 1.807) is 0 Å². The monoisotopic (exact) mass is 354 g/mol. The molecule has 7 heteroatoms. The predicted molar refractivity (Wildman–Crippen MR) is 94.0 cm³/mol. The van der Waals surface area contributed by atoms with Crippen molar-refractivity contribution >= 4 is 17.5 Å². The van der Waals surface area contributed by atoms with Crippen molar-refractivity contribution in [2.75, 3.05) is 5.32 Å². The highest BCUT2D eigenvalue weighted by molar-refractivity contribution is 5.92. The highest BCUT2D eigenvalue weighted by Gasteiger charge is 2.12. The summed E-state index contributed by atoms with van der Waals surface area (Å²) in [5, 5.41) is 5.22. The topological polar surface area (TPSA) is 66.9 Å². The Morgan fingerprint density at radius 3 is 2.54 bits per heavy atom. The second-order valence-electron chi connectivity index (χ2n) is 5.66. The molecule has 1 amide bonds. The normalized spacial score (nSPS) is 10.4. The maximum Gasteiger partial charge on any atom is 0.270 e. The van der Waals surface area contributed by atoms with Crippen LogP contribution in [0, 0.1) is 18.6 Å². The van der Waals surface area contributed by atoms with E-state index in [9.17, 15) is 13.6 Å². The van der Waals surface area contributed by atoms with Gasteiger partial charge in [-0.1, -0.05) is 35.9 Å². The minimum atomic E-state index is -0.775. The van der Waals surface area contributed by atoms with Crippen molar-refractivity contribution in [3.05, 3.63) is 83.2 Å². The SMILES string of the molecule is Cc1cccc(CNC(=O)c2ccnc(Nc3c(F)cccc3F)n2)c1. The van der Waals surface area contributed by atoms with Gasteiger partial charge in [-0.05, 0) is 30.7 Å². The molecule has 0 aliphatic heterocycles. The molecule has 2 aromatic carbocycles. The Morgan fingerprint density at radius 2 is 1.81 bits per heavy atom. The molecule has 0 aliphatic rings. The summed E-state index contributed by atoms with van der Waals surface area (Å²) in [6, 6.07) is 12.7. The van der Waals surface area contributed by atoms with E-state index in [4.69, 9.17) is 0 Å². The Labute approximate surface area is 149 Å². The number of hydrogen-bond acceptors (Lipinski definition) is 4. The minimum absolute atomic E-state index is 0.0720. The zero-order chi connectivity index (χ0) is 18.5. The molecule has 0 unspecified atom stereocenters. The smallest absolute Gasteiger partial charge is 0.270 e. The Kier molecular flexibility index (Phi) is 5.17. The number of carbonyl (C=O) groups is 1. The summed E-state index contributed by atoms with van der Waals surface area (Å²) in [4.78, 5) is 20.2. The Balaban J connectivity index is 1.71. The maximum atomic E-state index is 13.7. The van der Waals surface area contributed by atoms with Crippen LogP contribution in [0.2, 0.25) is 0 Å². The van der Waals surface area contributed by atoms with Gasteiger partial charge in [-0.15, -0.1) is 0 Å². The van der Waals surface area contributed by atoms with Gasteiger partial charge in [0, 0.05) is 12.7 Å². The highest BCUT2D eigenvalue weighted by Crippen LogP contribution is 2.21. The molecule has 0 saturated carbocycles. The summed E-state index contributed by atoms with van der Waals surface area (Å²) in [6.07, 6.45) is 1.34. The Bertz CT molecular complexity index is 926. The lowest BCUT2D eigenvalue weighted by Crippen LogP contribution is -2.24. The molecule has 0 bridgehead atoms. The fraction of sp³-hybridized carbons (Fsp3) is 0.105. The molecule has 0 radical (unpaired) electrons. The molecular formula is C19H16F2N4O. The number of hydrogen-bond donors (Lipinski definition) is 2. The molecule has 0 spiro atoms. The zero-order valence-electron chi connectivity index (χ0n) is 14.0. The lowest BCUT2D eigenvalue weighted by atomic mass is 10.1. The van der Waals surface area contributed by atoms with Gasteiger partial charge in [-0.2, -0.15) is 0 Å². The zero-order valence-corrected chi connectivity index (χ0v) is 14.0. The first-order chi connectivity index (χ1) is 12.5. The average molecular weight is 354 g/mol. The van der Waals surface area contributed by atoms with Gasteiger partial charge < -0.3 is 10.6 Å². The van der Waals surface area contributed by atoms with Gasteiger partial charge >= 0.3 is 0 Å². The third-order valence-corrected chi connectivity index (χ3v) is 3.62. The second kappa shape index (κ2) is 7.69. The summed E-state index contributed by atoms with van der Waals surface area (Å²) in [6.45, 7) is 2.31. The predicted octanol–water partition coefficient (Wildman–Crippen LogP) is 3.74. The third-order valence-electron chi connectivity index (χ3n) is 3.62. The van der Waals surface area contributed by atoms with Gasteiger partial charge in [-0.3, -0.25) is 4.79 Å². The number of carbonyl (C=O) groups excluding carboxylic acids is 1. The number of benzene rings is 2. The van der Waals surface area contributed by atoms with E-state index in [0.29, 0.717) is 6.54 Å². The number of para-hydroxylation sites is 1. The number of halogens is 2. The van der Waals surface area contributed by atoms with Gasteiger partial charge in [0.1, 0.15) is 23.0 Å². The summed E-state index contributed by atoms with van der Waals surface area (Å²) >= 11 is 0. The van der Waals surface area contributed by atoms with Crippen molar-refractivity contribution in [3.8, 4) is 0 Å². The van der Waals surface area contributed by atoms with Gasteiger partial charge in [0.2, 0.25) is 5.95 Å². The molecule has 2 N–H and O–H groups in total. The molecular weight excluding hydrogens is 338 g/mol. The van der Waals surface area contributed by atoms with E-state index >= 15 is 0 Å². The average Bonchev–Trinajstić information content (AvgIpc) is 2.63. The van der Waals surface area contributed by atoms with E-state index in [2.05, 4.69) is 20.6 Å². The Morgan fingerprint density at radius 1 is 1.08 bits per heavy atom. The van der Waals surface area contributed by atoms with Crippen molar-refractivity contribution in [1.82, 2.24) is 15.3 Å². The van der Waals surface area contributed by atoms with Crippen LogP contribution >= 0.6 is 0 Å². The van der Waals surface area contributed by atoms with Crippen LogP contribution < -0.4 is 10.6 Å². The summed E-state index contributed by atoms with van der Waals surface area (Å²) < 4.78 is 27.4. The first-order valence-electron chi connectivity index (χ1n) is 7.91. The van der Waals surface area contributed by atoms with Crippen molar-refractivity contribution in [2.24, 2.45) is 0 Å². The van der Waals surface area contributed by atoms with E-state index in [1.165, 1.54) is 18.3 Å². The third kappa shape index (κ3) is 4.18. The van der Waals surface area contributed by atoms with Crippen molar-refractivity contribution in [3.63, 3.8) is 0 Å².